The van der Waals surface area contributed by atoms with E-state index in [0.717, 1.165) is 15.8 Å². The number of fused-ring (bicyclic) bond motifs is 1. The second-order valence-corrected chi connectivity index (χ2v) is 19.5. The Balaban J connectivity index is 1.59. The summed E-state index contributed by atoms with van der Waals surface area (Å²) >= 11 is 0. The van der Waals surface area contributed by atoms with Gasteiger partial charge in [-0.2, -0.15) is 0 Å². The lowest BCUT2D eigenvalue weighted by molar-refractivity contribution is -0.00161. The molecular formula is C42H43NO4SSi. The zero-order chi connectivity index (χ0) is 34.7. The van der Waals surface area contributed by atoms with Crippen molar-refractivity contribution in [1.82, 2.24) is 4.72 Å². The van der Waals surface area contributed by atoms with E-state index in [-0.39, 0.29) is 9.93 Å². The molecule has 250 valence electrons. The van der Waals surface area contributed by atoms with Gasteiger partial charge in [0.15, 0.2) is 0 Å². The number of benzene rings is 6. The van der Waals surface area contributed by atoms with Gasteiger partial charge in [0.1, 0.15) is 5.60 Å². The number of hydrogen-bond donors (Lipinski definition) is 2. The fourth-order valence-corrected chi connectivity index (χ4v) is 13.4. The minimum atomic E-state index is -4.23. The molecule has 0 aliphatic heterocycles. The molecular weight excluding hydrogens is 643 g/mol. The third-order valence-corrected chi connectivity index (χ3v) is 16.1. The summed E-state index contributed by atoms with van der Waals surface area (Å²) in [5.74, 6) is 0. The van der Waals surface area contributed by atoms with Crippen molar-refractivity contribution in [2.75, 3.05) is 0 Å². The molecule has 0 bridgehead atoms. The van der Waals surface area contributed by atoms with Gasteiger partial charge in [-0.25, -0.2) is 13.1 Å². The fraction of sp³-hybridized carbons (Fsp3) is 0.190. The van der Waals surface area contributed by atoms with Crippen LogP contribution in [0.5, 0.6) is 0 Å². The minimum absolute atomic E-state index is 0.136. The Kier molecular flexibility index (Phi) is 9.76. The van der Waals surface area contributed by atoms with Crippen LogP contribution in [0.1, 0.15) is 38.8 Å². The summed E-state index contributed by atoms with van der Waals surface area (Å²) in [6.07, 6.45) is -0.832. The second kappa shape index (κ2) is 13.9. The van der Waals surface area contributed by atoms with Gasteiger partial charge < -0.3 is 9.53 Å². The summed E-state index contributed by atoms with van der Waals surface area (Å²) < 4.78 is 40.0. The lowest BCUT2D eigenvalue weighted by Gasteiger charge is -2.48. The molecule has 0 amide bonds. The molecule has 0 fully saturated rings. The molecule has 0 saturated carbocycles. The Morgan fingerprint density at radius 2 is 1.04 bits per heavy atom. The summed E-state index contributed by atoms with van der Waals surface area (Å²) in [6, 6.07) is 50.5. The van der Waals surface area contributed by atoms with Gasteiger partial charge in [-0.3, -0.25) is 0 Å². The highest BCUT2D eigenvalue weighted by Gasteiger charge is 2.54. The fourth-order valence-electron chi connectivity index (χ4n) is 7.13. The van der Waals surface area contributed by atoms with Gasteiger partial charge in [0.2, 0.25) is 10.0 Å². The van der Waals surface area contributed by atoms with Gasteiger partial charge >= 0.3 is 0 Å². The highest BCUT2D eigenvalue weighted by molar-refractivity contribution is 7.89. The molecule has 0 aliphatic carbocycles. The average molecular weight is 686 g/mol. The third-order valence-electron chi connectivity index (χ3n) is 9.45. The molecule has 5 nitrogen and oxygen atoms in total. The molecule has 0 saturated heterocycles. The number of sulfonamides is 1. The highest BCUT2D eigenvalue weighted by atomic mass is 32.2. The van der Waals surface area contributed by atoms with Crippen LogP contribution in [-0.4, -0.2) is 34.0 Å². The standard InChI is InChI=1S/C42H43NO4SSi/c1-32(47-49(41(2,3)4,36-26-13-7-14-27-36)37-28-15-8-16-29-37)40(42(44,34-22-9-5-10-23-34)35-24-11-6-12-25-35)43-48(45,46)39-31-19-21-33-20-17-18-30-38(33)39/h5-32,40,43-44H,1-4H3. The second-order valence-electron chi connectivity index (χ2n) is 13.6. The molecule has 0 aromatic heterocycles. The quantitative estimate of drug-likeness (QED) is 0.140. The summed E-state index contributed by atoms with van der Waals surface area (Å²) in [6.45, 7) is 8.43. The summed E-state index contributed by atoms with van der Waals surface area (Å²) in [5, 5.41) is 16.4. The Labute approximate surface area is 291 Å². The number of hydrogen-bond acceptors (Lipinski definition) is 4. The van der Waals surface area contributed by atoms with Crippen LogP contribution in [0.15, 0.2) is 169 Å². The normalized spacial score (nSPS) is 14.0. The molecule has 6 aromatic carbocycles. The van der Waals surface area contributed by atoms with Crippen LogP contribution < -0.4 is 15.1 Å². The molecule has 2 unspecified atom stereocenters. The SMILES string of the molecule is CC(O[Si](c1ccccc1)(c1ccccc1)C(C)(C)C)C(NS(=O)(=O)c1cccc2ccccc12)C(O)(c1ccccc1)c1ccccc1. The van der Waals surface area contributed by atoms with Gasteiger partial charge in [0.05, 0.1) is 17.0 Å². The van der Waals surface area contributed by atoms with Crippen molar-refractivity contribution < 1.29 is 18.0 Å². The monoisotopic (exact) mass is 685 g/mol. The van der Waals surface area contributed by atoms with E-state index in [1.165, 1.54) is 0 Å². The van der Waals surface area contributed by atoms with E-state index in [9.17, 15) is 13.5 Å². The predicted octanol–water partition coefficient (Wildman–Crippen LogP) is 7.39. The summed E-state index contributed by atoms with van der Waals surface area (Å²) in [5.41, 5.74) is -0.736. The lowest BCUT2D eigenvalue weighted by Crippen LogP contribution is -2.70. The number of rotatable bonds is 11. The van der Waals surface area contributed by atoms with Gasteiger partial charge in [-0.1, -0.05) is 178 Å². The van der Waals surface area contributed by atoms with E-state index in [1.54, 1.807) is 12.1 Å². The molecule has 0 radical (unpaired) electrons. The molecule has 2 atom stereocenters. The van der Waals surface area contributed by atoms with E-state index in [0.29, 0.717) is 16.5 Å². The summed E-state index contributed by atoms with van der Waals surface area (Å²) in [4.78, 5) is 0.136. The molecule has 0 heterocycles. The van der Waals surface area contributed by atoms with Crippen molar-refractivity contribution in [3.63, 3.8) is 0 Å². The van der Waals surface area contributed by atoms with E-state index in [1.807, 2.05) is 134 Å². The Morgan fingerprint density at radius 1 is 0.612 bits per heavy atom. The lowest BCUT2D eigenvalue weighted by atomic mass is 9.78. The van der Waals surface area contributed by atoms with Crippen LogP contribution in [0.25, 0.3) is 10.8 Å². The van der Waals surface area contributed by atoms with Crippen molar-refractivity contribution in [2.45, 2.75) is 55.4 Å². The van der Waals surface area contributed by atoms with E-state index >= 15 is 0 Å². The van der Waals surface area contributed by atoms with Gasteiger partial charge in [0.25, 0.3) is 8.32 Å². The van der Waals surface area contributed by atoms with Crippen LogP contribution in [0, 0.1) is 0 Å². The maximum atomic E-state index is 14.7. The van der Waals surface area contributed by atoms with Crippen LogP contribution in [0.2, 0.25) is 5.04 Å². The van der Waals surface area contributed by atoms with Crippen molar-refractivity contribution in [1.29, 1.82) is 0 Å². The van der Waals surface area contributed by atoms with Crippen LogP contribution in [0.4, 0.5) is 0 Å². The molecule has 0 aliphatic rings. The maximum Gasteiger partial charge on any atom is 0.261 e. The summed E-state index contributed by atoms with van der Waals surface area (Å²) in [7, 11) is -7.43. The Morgan fingerprint density at radius 3 is 1.53 bits per heavy atom. The zero-order valence-corrected chi connectivity index (χ0v) is 30.1. The van der Waals surface area contributed by atoms with E-state index in [2.05, 4.69) is 49.8 Å². The van der Waals surface area contributed by atoms with Crippen molar-refractivity contribution in [3.8, 4) is 0 Å². The van der Waals surface area contributed by atoms with Crippen molar-refractivity contribution in [2.24, 2.45) is 0 Å². The molecule has 6 rings (SSSR count). The largest absolute Gasteiger partial charge is 0.403 e. The van der Waals surface area contributed by atoms with Crippen LogP contribution in [-0.2, 0) is 20.1 Å². The minimum Gasteiger partial charge on any atom is -0.403 e. The van der Waals surface area contributed by atoms with Crippen LogP contribution >= 0.6 is 0 Å². The van der Waals surface area contributed by atoms with Crippen molar-refractivity contribution in [3.05, 3.63) is 175 Å². The first kappa shape index (κ1) is 34.5. The average Bonchev–Trinajstić information content (AvgIpc) is 3.13. The van der Waals surface area contributed by atoms with E-state index in [4.69, 9.17) is 4.43 Å². The Hall–Kier alpha value is -4.37. The molecule has 6 aromatic rings. The first-order chi connectivity index (χ1) is 23.5. The Bertz CT molecular complexity index is 2020. The number of nitrogens with one attached hydrogen (secondary N) is 1. The molecule has 49 heavy (non-hydrogen) atoms. The number of aliphatic hydroxyl groups is 1. The third kappa shape index (κ3) is 6.53. The van der Waals surface area contributed by atoms with Gasteiger partial charge in [-0.05, 0) is 44.9 Å². The predicted molar refractivity (Wildman–Crippen MR) is 202 cm³/mol. The zero-order valence-electron chi connectivity index (χ0n) is 28.3. The highest BCUT2D eigenvalue weighted by Crippen LogP contribution is 2.41. The molecule has 7 heteroatoms. The topological polar surface area (TPSA) is 75.6 Å². The smallest absolute Gasteiger partial charge is 0.261 e. The van der Waals surface area contributed by atoms with Gasteiger partial charge in [0, 0.05) is 5.39 Å². The molecule has 2 N–H and O–H groups in total. The first-order valence-corrected chi connectivity index (χ1v) is 20.0. The first-order valence-electron chi connectivity index (χ1n) is 16.6. The van der Waals surface area contributed by atoms with Crippen molar-refractivity contribution >= 4 is 39.5 Å². The van der Waals surface area contributed by atoms with Gasteiger partial charge in [-0.15, -0.1) is 0 Å². The molecule has 0 spiro atoms. The van der Waals surface area contributed by atoms with E-state index < -0.39 is 36.1 Å². The maximum absolute atomic E-state index is 14.7. The van der Waals surface area contributed by atoms with Crippen LogP contribution in [0.3, 0.4) is 0 Å².